The molecule has 172 valence electrons. The average molecular weight is 458 g/mol. The van der Waals surface area contributed by atoms with E-state index in [1.165, 1.54) is 4.31 Å². The Morgan fingerprint density at radius 3 is 2.16 bits per heavy atom. The molecule has 1 heterocycles. The Kier molecular flexibility index (Phi) is 8.04. The molecule has 0 aliphatic carbocycles. The molecule has 0 atom stereocenters. The molecule has 1 N–H and O–H groups in total. The molecule has 3 rings (SSSR count). The Labute approximate surface area is 190 Å². The molecule has 0 bridgehead atoms. The highest BCUT2D eigenvalue weighted by atomic mass is 32.2. The summed E-state index contributed by atoms with van der Waals surface area (Å²) in [5, 5.41) is 2.82. The van der Waals surface area contributed by atoms with Gasteiger partial charge in [-0.05, 0) is 42.2 Å². The van der Waals surface area contributed by atoms with E-state index >= 15 is 0 Å². The zero-order valence-corrected chi connectivity index (χ0v) is 19.5. The molecule has 0 aromatic heterocycles. The zero-order valence-electron chi connectivity index (χ0n) is 18.7. The Balaban J connectivity index is 1.43. The minimum atomic E-state index is -3.56. The summed E-state index contributed by atoms with van der Waals surface area (Å²) in [5.41, 5.74) is 1.69. The summed E-state index contributed by atoms with van der Waals surface area (Å²) in [6.45, 7) is 5.86. The van der Waals surface area contributed by atoms with Crippen molar-refractivity contribution in [1.82, 2.24) is 14.5 Å². The first-order valence-electron chi connectivity index (χ1n) is 11.0. The van der Waals surface area contributed by atoms with E-state index < -0.39 is 10.0 Å². The molecule has 1 saturated heterocycles. The normalized spacial score (nSPS) is 15.0. The highest BCUT2D eigenvalue weighted by Crippen LogP contribution is 2.21. The van der Waals surface area contributed by atoms with Crippen LogP contribution in [0.5, 0.6) is 0 Å². The summed E-state index contributed by atoms with van der Waals surface area (Å²) in [4.78, 5) is 26.5. The van der Waals surface area contributed by atoms with Crippen LogP contribution >= 0.6 is 0 Å². The van der Waals surface area contributed by atoms with Crippen molar-refractivity contribution in [3.8, 4) is 0 Å². The molecule has 0 unspecified atom stereocenters. The van der Waals surface area contributed by atoms with Crippen molar-refractivity contribution < 1.29 is 18.0 Å². The molecule has 2 aromatic rings. The summed E-state index contributed by atoms with van der Waals surface area (Å²) >= 11 is 0. The average Bonchev–Trinajstić information content (AvgIpc) is 2.82. The highest BCUT2D eigenvalue weighted by Gasteiger charge is 2.29. The van der Waals surface area contributed by atoms with Gasteiger partial charge in [0.25, 0.3) is 5.91 Å². The fourth-order valence-corrected chi connectivity index (χ4v) is 5.07. The first-order valence-corrected chi connectivity index (χ1v) is 12.4. The molecule has 32 heavy (non-hydrogen) atoms. The second-order valence-corrected chi connectivity index (χ2v) is 10.2. The smallest absolute Gasteiger partial charge is 0.251 e. The van der Waals surface area contributed by atoms with Crippen molar-refractivity contribution in [2.75, 3.05) is 32.7 Å². The summed E-state index contributed by atoms with van der Waals surface area (Å²) in [5.74, 6) is 0.170. The van der Waals surface area contributed by atoms with Gasteiger partial charge in [0.15, 0.2) is 0 Å². The van der Waals surface area contributed by atoms with Crippen molar-refractivity contribution in [1.29, 1.82) is 0 Å². The first kappa shape index (κ1) is 23.9. The SMILES string of the molecule is CC(C)c1ccc(S(=O)(=O)N2CCN(C(=O)CCCNC(=O)c3ccccc3)CC2)cc1. The molecule has 2 amide bonds. The lowest BCUT2D eigenvalue weighted by atomic mass is 10.0. The van der Waals surface area contributed by atoms with Crippen LogP contribution in [0.25, 0.3) is 0 Å². The number of rotatable bonds is 8. The molecule has 1 aliphatic rings. The fraction of sp³-hybridized carbons (Fsp3) is 0.417. The van der Waals surface area contributed by atoms with E-state index in [4.69, 9.17) is 0 Å². The third-order valence-corrected chi connectivity index (χ3v) is 7.58. The van der Waals surface area contributed by atoms with Gasteiger partial charge in [0.1, 0.15) is 0 Å². The van der Waals surface area contributed by atoms with Gasteiger partial charge in [-0.1, -0.05) is 44.2 Å². The molecule has 0 saturated carbocycles. The lowest BCUT2D eigenvalue weighted by Gasteiger charge is -2.34. The van der Waals surface area contributed by atoms with Gasteiger partial charge in [0, 0.05) is 44.7 Å². The van der Waals surface area contributed by atoms with Crippen molar-refractivity contribution in [2.45, 2.75) is 37.5 Å². The third kappa shape index (κ3) is 5.95. The van der Waals surface area contributed by atoms with Gasteiger partial charge in [-0.15, -0.1) is 0 Å². The van der Waals surface area contributed by atoms with Gasteiger partial charge in [-0.2, -0.15) is 4.31 Å². The fourth-order valence-electron chi connectivity index (χ4n) is 3.64. The summed E-state index contributed by atoms with van der Waals surface area (Å²) in [7, 11) is -3.56. The maximum atomic E-state index is 12.9. The zero-order chi connectivity index (χ0) is 23.1. The standard InChI is InChI=1S/C24H31N3O4S/c1-19(2)20-10-12-22(13-11-20)32(30,31)27-17-15-26(16-18-27)23(28)9-6-14-25-24(29)21-7-4-3-5-8-21/h3-5,7-8,10-13,19H,6,9,14-18H2,1-2H3,(H,25,29). The van der Waals surface area contributed by atoms with Crippen molar-refractivity contribution in [3.05, 3.63) is 65.7 Å². The van der Waals surface area contributed by atoms with E-state index in [0.717, 1.165) is 5.56 Å². The predicted octanol–water partition coefficient (Wildman–Crippen LogP) is 2.85. The number of carbonyl (C=O) groups is 2. The first-order chi connectivity index (χ1) is 15.3. The lowest BCUT2D eigenvalue weighted by Crippen LogP contribution is -2.50. The second-order valence-electron chi connectivity index (χ2n) is 8.23. The van der Waals surface area contributed by atoms with E-state index in [2.05, 4.69) is 19.2 Å². The van der Waals surface area contributed by atoms with Crippen LogP contribution in [0.15, 0.2) is 59.5 Å². The van der Waals surface area contributed by atoms with Crippen LogP contribution in [0.1, 0.15) is 48.5 Å². The molecule has 1 aliphatic heterocycles. The number of amides is 2. The van der Waals surface area contributed by atoms with Crippen LogP contribution in [0.4, 0.5) is 0 Å². The van der Waals surface area contributed by atoms with E-state index in [1.807, 2.05) is 18.2 Å². The number of sulfonamides is 1. The van der Waals surface area contributed by atoms with Crippen molar-refractivity contribution in [2.24, 2.45) is 0 Å². The highest BCUT2D eigenvalue weighted by molar-refractivity contribution is 7.89. The molecule has 2 aromatic carbocycles. The topological polar surface area (TPSA) is 86.8 Å². The molecule has 0 radical (unpaired) electrons. The van der Waals surface area contributed by atoms with Crippen molar-refractivity contribution >= 4 is 21.8 Å². The van der Waals surface area contributed by atoms with Crippen LogP contribution in [0, 0.1) is 0 Å². The number of nitrogens with zero attached hydrogens (tertiary/aromatic N) is 2. The van der Waals surface area contributed by atoms with Crippen LogP contribution < -0.4 is 5.32 Å². The molecule has 1 fully saturated rings. The molecule has 7 nitrogen and oxygen atoms in total. The quantitative estimate of drug-likeness (QED) is 0.618. The van der Waals surface area contributed by atoms with Crippen LogP contribution in [0.2, 0.25) is 0 Å². The van der Waals surface area contributed by atoms with Gasteiger partial charge in [-0.3, -0.25) is 9.59 Å². The van der Waals surface area contributed by atoms with E-state index in [1.54, 1.807) is 41.3 Å². The van der Waals surface area contributed by atoms with Crippen LogP contribution in [0.3, 0.4) is 0 Å². The maximum Gasteiger partial charge on any atom is 0.251 e. The predicted molar refractivity (Wildman–Crippen MR) is 124 cm³/mol. The van der Waals surface area contributed by atoms with Gasteiger partial charge >= 0.3 is 0 Å². The van der Waals surface area contributed by atoms with E-state index in [-0.39, 0.29) is 29.8 Å². The minimum absolute atomic E-state index is 0.0164. The van der Waals surface area contributed by atoms with Gasteiger partial charge in [0.05, 0.1) is 4.90 Å². The molecule has 8 heteroatoms. The van der Waals surface area contributed by atoms with Crippen LogP contribution in [-0.2, 0) is 14.8 Å². The molecular formula is C24H31N3O4S. The number of benzene rings is 2. The summed E-state index contributed by atoms with van der Waals surface area (Å²) in [6, 6.07) is 16.0. The van der Waals surface area contributed by atoms with Crippen molar-refractivity contribution in [3.63, 3.8) is 0 Å². The van der Waals surface area contributed by atoms with Gasteiger partial charge < -0.3 is 10.2 Å². The van der Waals surface area contributed by atoms with Gasteiger partial charge in [-0.25, -0.2) is 8.42 Å². The number of piperazine rings is 1. The third-order valence-electron chi connectivity index (χ3n) is 5.66. The Hall–Kier alpha value is -2.71. The summed E-state index contributed by atoms with van der Waals surface area (Å²) in [6.07, 6.45) is 0.858. The van der Waals surface area contributed by atoms with E-state index in [0.29, 0.717) is 44.0 Å². The number of nitrogens with one attached hydrogen (secondary N) is 1. The second kappa shape index (κ2) is 10.7. The van der Waals surface area contributed by atoms with Crippen LogP contribution in [-0.4, -0.2) is 62.2 Å². The molecular weight excluding hydrogens is 426 g/mol. The van der Waals surface area contributed by atoms with E-state index in [9.17, 15) is 18.0 Å². The lowest BCUT2D eigenvalue weighted by molar-refractivity contribution is -0.132. The number of carbonyl (C=O) groups excluding carboxylic acids is 2. The summed E-state index contributed by atoms with van der Waals surface area (Å²) < 4.78 is 27.3. The molecule has 0 spiro atoms. The van der Waals surface area contributed by atoms with Gasteiger partial charge in [0.2, 0.25) is 15.9 Å². The monoisotopic (exact) mass is 457 g/mol. The minimum Gasteiger partial charge on any atom is -0.352 e. The Morgan fingerprint density at radius 2 is 1.56 bits per heavy atom. The number of hydrogen-bond acceptors (Lipinski definition) is 4. The maximum absolute atomic E-state index is 12.9. The number of hydrogen-bond donors (Lipinski definition) is 1. The largest absolute Gasteiger partial charge is 0.352 e. The Morgan fingerprint density at radius 1 is 0.938 bits per heavy atom. The Bertz CT molecular complexity index is 1010.